The Morgan fingerprint density at radius 1 is 1.57 bits per heavy atom. The molecule has 0 bridgehead atoms. The van der Waals surface area contributed by atoms with Gasteiger partial charge < -0.3 is 14.7 Å². The van der Waals surface area contributed by atoms with Gasteiger partial charge in [-0.3, -0.25) is 5.10 Å². The van der Waals surface area contributed by atoms with Crippen molar-refractivity contribution in [3.63, 3.8) is 0 Å². The summed E-state index contributed by atoms with van der Waals surface area (Å²) in [5.74, 6) is 0.978. The summed E-state index contributed by atoms with van der Waals surface area (Å²) in [5.41, 5.74) is 1.04. The molecule has 0 aromatic carbocycles. The van der Waals surface area contributed by atoms with E-state index in [0.717, 1.165) is 31.4 Å². The van der Waals surface area contributed by atoms with Crippen molar-refractivity contribution in [2.24, 2.45) is 0 Å². The lowest BCUT2D eigenvalue weighted by Gasteiger charge is -2.35. The fourth-order valence-electron chi connectivity index (χ4n) is 2.63. The number of likely N-dealkylation sites (tertiary alicyclic amines) is 1. The zero-order valence-corrected chi connectivity index (χ0v) is 11.9. The Balaban J connectivity index is 1.64. The summed E-state index contributed by atoms with van der Waals surface area (Å²) in [6.45, 7) is 2.73. The number of nitrogens with zero attached hydrogens (tertiary/aromatic N) is 4. The number of urea groups is 1. The Morgan fingerprint density at radius 2 is 2.48 bits per heavy atom. The number of piperidine rings is 1. The fraction of sp³-hybridized carbons (Fsp3) is 0.538. The average Bonchev–Trinajstić information content (AvgIpc) is 3.16. The number of hydrogen-bond donors (Lipinski definition) is 2. The molecule has 0 spiro atoms. The molecule has 0 saturated carbocycles. The monoisotopic (exact) mass is 290 g/mol. The molecule has 1 aliphatic rings. The summed E-state index contributed by atoms with van der Waals surface area (Å²) in [7, 11) is 0. The van der Waals surface area contributed by atoms with Crippen LogP contribution in [-0.4, -0.2) is 37.8 Å². The van der Waals surface area contributed by atoms with Crippen LogP contribution in [0.4, 0.5) is 4.79 Å². The summed E-state index contributed by atoms with van der Waals surface area (Å²) >= 11 is 0. The number of aromatic amines is 1. The number of carbonyl (C=O) groups excluding carboxylic acids is 1. The van der Waals surface area contributed by atoms with Gasteiger partial charge >= 0.3 is 6.03 Å². The molecule has 3 heterocycles. The quantitative estimate of drug-likeness (QED) is 0.893. The van der Waals surface area contributed by atoms with E-state index in [2.05, 4.69) is 25.7 Å². The molecule has 3 rings (SSSR count). The predicted octanol–water partition coefficient (Wildman–Crippen LogP) is 1.54. The van der Waals surface area contributed by atoms with Crippen molar-refractivity contribution < 1.29 is 9.32 Å². The highest BCUT2D eigenvalue weighted by Gasteiger charge is 2.28. The molecule has 2 aromatic heterocycles. The maximum absolute atomic E-state index is 12.4. The second-order valence-electron chi connectivity index (χ2n) is 5.13. The lowest BCUT2D eigenvalue weighted by molar-refractivity contribution is 0.150. The molecule has 1 fully saturated rings. The third-order valence-electron chi connectivity index (χ3n) is 3.63. The Morgan fingerprint density at radius 3 is 3.19 bits per heavy atom. The van der Waals surface area contributed by atoms with Crippen LogP contribution in [0.1, 0.15) is 42.6 Å². The molecule has 8 heteroatoms. The number of amides is 2. The van der Waals surface area contributed by atoms with Crippen LogP contribution in [0.25, 0.3) is 0 Å². The van der Waals surface area contributed by atoms with Crippen molar-refractivity contribution in [3.8, 4) is 0 Å². The van der Waals surface area contributed by atoms with Gasteiger partial charge in [-0.2, -0.15) is 10.1 Å². The van der Waals surface area contributed by atoms with Gasteiger partial charge in [0.05, 0.1) is 18.8 Å². The van der Waals surface area contributed by atoms with Crippen molar-refractivity contribution in [2.75, 3.05) is 6.54 Å². The number of aryl methyl sites for hydroxylation is 1. The van der Waals surface area contributed by atoms with E-state index < -0.39 is 0 Å². The third-order valence-corrected chi connectivity index (χ3v) is 3.63. The van der Waals surface area contributed by atoms with Gasteiger partial charge in [-0.1, -0.05) is 5.16 Å². The molecule has 1 atom stereocenters. The molecule has 1 unspecified atom stereocenters. The SMILES string of the molecule is Cc1noc(CNC(=O)N2CCCCC2c2cn[nH]c2)n1. The number of aromatic nitrogens is 4. The van der Waals surface area contributed by atoms with Gasteiger partial charge in [0, 0.05) is 18.3 Å². The van der Waals surface area contributed by atoms with Crippen molar-refractivity contribution >= 4 is 6.03 Å². The van der Waals surface area contributed by atoms with E-state index in [9.17, 15) is 4.79 Å². The van der Waals surface area contributed by atoms with Gasteiger partial charge in [-0.05, 0) is 26.2 Å². The van der Waals surface area contributed by atoms with Crippen LogP contribution in [-0.2, 0) is 6.54 Å². The van der Waals surface area contributed by atoms with Gasteiger partial charge in [0.25, 0.3) is 0 Å². The van der Waals surface area contributed by atoms with E-state index in [0.29, 0.717) is 11.7 Å². The number of nitrogens with one attached hydrogen (secondary N) is 2. The average molecular weight is 290 g/mol. The highest BCUT2D eigenvalue weighted by atomic mass is 16.5. The second-order valence-corrected chi connectivity index (χ2v) is 5.13. The van der Waals surface area contributed by atoms with Crippen LogP contribution >= 0.6 is 0 Å². The van der Waals surface area contributed by atoms with E-state index in [4.69, 9.17) is 4.52 Å². The molecule has 2 N–H and O–H groups in total. The van der Waals surface area contributed by atoms with E-state index >= 15 is 0 Å². The maximum atomic E-state index is 12.4. The van der Waals surface area contributed by atoms with E-state index in [1.54, 1.807) is 13.1 Å². The molecular formula is C13H18N6O2. The topological polar surface area (TPSA) is 99.9 Å². The van der Waals surface area contributed by atoms with Crippen molar-refractivity contribution in [1.82, 2.24) is 30.6 Å². The third kappa shape index (κ3) is 3.04. The lowest BCUT2D eigenvalue weighted by atomic mass is 9.98. The molecular weight excluding hydrogens is 272 g/mol. The van der Waals surface area contributed by atoms with Gasteiger partial charge in [-0.25, -0.2) is 4.79 Å². The number of hydrogen-bond acceptors (Lipinski definition) is 5. The van der Waals surface area contributed by atoms with Crippen molar-refractivity contribution in [3.05, 3.63) is 29.7 Å². The highest BCUT2D eigenvalue weighted by Crippen LogP contribution is 2.30. The van der Waals surface area contributed by atoms with E-state index in [-0.39, 0.29) is 18.6 Å². The first-order chi connectivity index (χ1) is 10.2. The number of carbonyl (C=O) groups is 1. The maximum Gasteiger partial charge on any atom is 0.318 e. The Labute approximate surface area is 121 Å². The molecule has 21 heavy (non-hydrogen) atoms. The zero-order chi connectivity index (χ0) is 14.7. The van der Waals surface area contributed by atoms with Crippen molar-refractivity contribution in [2.45, 2.75) is 38.8 Å². The van der Waals surface area contributed by atoms with E-state index in [1.165, 1.54) is 0 Å². The minimum absolute atomic E-state index is 0.0712. The summed E-state index contributed by atoms with van der Waals surface area (Å²) in [5, 5.41) is 13.3. The van der Waals surface area contributed by atoms with Gasteiger partial charge in [0.2, 0.25) is 5.89 Å². The van der Waals surface area contributed by atoms with Gasteiger partial charge in [-0.15, -0.1) is 0 Å². The molecule has 8 nitrogen and oxygen atoms in total. The predicted molar refractivity (Wildman–Crippen MR) is 73.2 cm³/mol. The molecule has 2 amide bonds. The van der Waals surface area contributed by atoms with Crippen molar-refractivity contribution in [1.29, 1.82) is 0 Å². The molecule has 1 saturated heterocycles. The standard InChI is InChI=1S/C13H18N6O2/c1-9-17-12(21-18-9)8-14-13(20)19-5-3-2-4-11(19)10-6-15-16-7-10/h6-7,11H,2-5,8H2,1H3,(H,14,20)(H,15,16). The highest BCUT2D eigenvalue weighted by molar-refractivity contribution is 5.74. The first-order valence-electron chi connectivity index (χ1n) is 7.06. The molecule has 0 radical (unpaired) electrons. The second kappa shape index (κ2) is 5.94. The first-order valence-corrected chi connectivity index (χ1v) is 7.06. The van der Waals surface area contributed by atoms with Crippen LogP contribution in [0.2, 0.25) is 0 Å². The Hall–Kier alpha value is -2.38. The minimum atomic E-state index is -0.114. The van der Waals surface area contributed by atoms with Crippen LogP contribution in [0, 0.1) is 6.92 Å². The molecule has 0 aliphatic carbocycles. The van der Waals surface area contributed by atoms with Crippen LogP contribution in [0.3, 0.4) is 0 Å². The molecule has 1 aliphatic heterocycles. The molecule has 112 valence electrons. The smallest absolute Gasteiger partial charge is 0.318 e. The van der Waals surface area contributed by atoms with Crippen LogP contribution < -0.4 is 5.32 Å². The Kier molecular flexibility index (Phi) is 3.85. The van der Waals surface area contributed by atoms with Gasteiger partial charge in [0.1, 0.15) is 0 Å². The summed E-state index contributed by atoms with van der Waals surface area (Å²) in [6.07, 6.45) is 6.70. The normalized spacial score (nSPS) is 18.7. The molecule has 2 aromatic rings. The van der Waals surface area contributed by atoms with E-state index in [1.807, 2.05) is 11.1 Å². The number of H-pyrrole nitrogens is 1. The minimum Gasteiger partial charge on any atom is -0.337 e. The Bertz CT molecular complexity index is 594. The fourth-order valence-corrected chi connectivity index (χ4v) is 2.63. The largest absolute Gasteiger partial charge is 0.337 e. The summed E-state index contributed by atoms with van der Waals surface area (Å²) in [6, 6.07) is -0.0429. The van der Waals surface area contributed by atoms with Gasteiger partial charge in [0.15, 0.2) is 5.82 Å². The summed E-state index contributed by atoms with van der Waals surface area (Å²) in [4.78, 5) is 18.3. The summed E-state index contributed by atoms with van der Waals surface area (Å²) < 4.78 is 4.99. The number of rotatable bonds is 3. The lowest BCUT2D eigenvalue weighted by Crippen LogP contribution is -2.44. The first kappa shape index (κ1) is 13.6. The zero-order valence-electron chi connectivity index (χ0n) is 11.9. The van der Waals surface area contributed by atoms with Crippen LogP contribution in [0.5, 0.6) is 0 Å². The van der Waals surface area contributed by atoms with Crippen LogP contribution in [0.15, 0.2) is 16.9 Å².